The van der Waals surface area contributed by atoms with Gasteiger partial charge in [0.2, 0.25) is 0 Å². The molecular weight excluding hydrogens is 270 g/mol. The van der Waals surface area contributed by atoms with Crippen LogP contribution in [0.2, 0.25) is 0 Å². The number of pyridine rings is 1. The molecule has 1 aromatic rings. The predicted octanol–water partition coefficient (Wildman–Crippen LogP) is 3.06. The summed E-state index contributed by atoms with van der Waals surface area (Å²) >= 11 is 6.04. The van der Waals surface area contributed by atoms with Gasteiger partial charge in [-0.25, -0.2) is 4.98 Å². The van der Waals surface area contributed by atoms with E-state index in [1.54, 1.807) is 0 Å². The summed E-state index contributed by atoms with van der Waals surface area (Å²) in [5, 5.41) is 0. The molecule has 0 saturated carbocycles. The molecule has 2 aliphatic rings. The van der Waals surface area contributed by atoms with Gasteiger partial charge in [0.05, 0.1) is 0 Å². The molecule has 0 amide bonds. The lowest BCUT2D eigenvalue weighted by Crippen LogP contribution is -2.50. The van der Waals surface area contributed by atoms with Crippen LogP contribution in [0, 0.1) is 0 Å². The second-order valence-electron chi connectivity index (χ2n) is 5.99. The number of halogens is 1. The van der Waals surface area contributed by atoms with E-state index >= 15 is 0 Å². The molecule has 3 heterocycles. The average Bonchev–Trinajstić information content (AvgIpc) is 2.94. The van der Waals surface area contributed by atoms with Crippen LogP contribution >= 0.6 is 11.6 Å². The number of aryl methyl sites for hydroxylation is 1. The standard InChI is InChI=1S/C16H24ClN3/c1-2-4-14-9-13(11-17)10-16(18-14)20-8-7-19-6-3-5-15(19)12-20/h9-10,15H,2-8,11-12H2,1H3. The number of nitrogens with zero attached hydrogens (tertiary/aromatic N) is 3. The van der Waals surface area contributed by atoms with Crippen molar-refractivity contribution in [1.29, 1.82) is 0 Å². The Bertz CT molecular complexity index is 463. The number of aromatic nitrogens is 1. The van der Waals surface area contributed by atoms with E-state index in [9.17, 15) is 0 Å². The zero-order valence-electron chi connectivity index (χ0n) is 12.3. The number of anilines is 1. The Hall–Kier alpha value is -0.800. The van der Waals surface area contributed by atoms with Crippen molar-refractivity contribution in [1.82, 2.24) is 9.88 Å². The van der Waals surface area contributed by atoms with E-state index < -0.39 is 0 Å². The van der Waals surface area contributed by atoms with E-state index in [0.717, 1.165) is 37.8 Å². The molecule has 2 fully saturated rings. The SMILES string of the molecule is CCCc1cc(CCl)cc(N2CCN3CCCC3C2)n1. The van der Waals surface area contributed by atoms with Gasteiger partial charge in [-0.1, -0.05) is 13.3 Å². The molecule has 3 rings (SSSR count). The van der Waals surface area contributed by atoms with Crippen LogP contribution in [0.1, 0.15) is 37.4 Å². The molecule has 3 nitrogen and oxygen atoms in total. The van der Waals surface area contributed by atoms with E-state index in [4.69, 9.17) is 16.6 Å². The minimum atomic E-state index is 0.579. The summed E-state index contributed by atoms with van der Waals surface area (Å²) in [5.41, 5.74) is 2.39. The van der Waals surface area contributed by atoms with Crippen LogP contribution in [-0.4, -0.2) is 42.1 Å². The van der Waals surface area contributed by atoms with Gasteiger partial charge in [-0.15, -0.1) is 11.6 Å². The lowest BCUT2D eigenvalue weighted by Gasteiger charge is -2.38. The first-order chi connectivity index (χ1) is 9.80. The second kappa shape index (κ2) is 6.31. The molecule has 0 bridgehead atoms. The fourth-order valence-corrected chi connectivity index (χ4v) is 3.61. The minimum absolute atomic E-state index is 0.579. The van der Waals surface area contributed by atoms with Gasteiger partial charge in [-0.3, -0.25) is 4.90 Å². The highest BCUT2D eigenvalue weighted by Crippen LogP contribution is 2.25. The summed E-state index contributed by atoms with van der Waals surface area (Å²) in [6, 6.07) is 5.07. The van der Waals surface area contributed by atoms with Crippen molar-refractivity contribution >= 4 is 17.4 Å². The van der Waals surface area contributed by atoms with Crippen LogP contribution in [0.15, 0.2) is 12.1 Å². The topological polar surface area (TPSA) is 19.4 Å². The fraction of sp³-hybridized carbons (Fsp3) is 0.688. The van der Waals surface area contributed by atoms with Gasteiger partial charge >= 0.3 is 0 Å². The number of hydrogen-bond acceptors (Lipinski definition) is 3. The summed E-state index contributed by atoms with van der Waals surface area (Å²) in [6.45, 7) is 6.90. The zero-order chi connectivity index (χ0) is 13.9. The highest BCUT2D eigenvalue weighted by Gasteiger charge is 2.31. The number of piperazine rings is 1. The van der Waals surface area contributed by atoms with Crippen LogP contribution in [0.5, 0.6) is 0 Å². The summed E-state index contributed by atoms with van der Waals surface area (Å²) < 4.78 is 0. The smallest absolute Gasteiger partial charge is 0.129 e. The fourth-order valence-electron chi connectivity index (χ4n) is 3.46. The Labute approximate surface area is 126 Å². The lowest BCUT2D eigenvalue weighted by molar-refractivity contribution is 0.230. The molecule has 0 aromatic carbocycles. The van der Waals surface area contributed by atoms with Crippen molar-refractivity contribution in [2.75, 3.05) is 31.1 Å². The Morgan fingerprint density at radius 1 is 1.30 bits per heavy atom. The maximum absolute atomic E-state index is 6.04. The highest BCUT2D eigenvalue weighted by atomic mass is 35.5. The molecule has 0 spiro atoms. The van der Waals surface area contributed by atoms with Crippen molar-refractivity contribution in [3.63, 3.8) is 0 Å². The molecule has 0 N–H and O–H groups in total. The van der Waals surface area contributed by atoms with Crippen LogP contribution in [-0.2, 0) is 12.3 Å². The Morgan fingerprint density at radius 3 is 3.00 bits per heavy atom. The molecular formula is C16H24ClN3. The Kier molecular flexibility index (Phi) is 4.47. The molecule has 2 saturated heterocycles. The maximum atomic E-state index is 6.04. The summed E-state index contributed by atoms with van der Waals surface area (Å²) in [7, 11) is 0. The zero-order valence-corrected chi connectivity index (χ0v) is 13.1. The van der Waals surface area contributed by atoms with Gasteiger partial charge in [0, 0.05) is 37.3 Å². The molecule has 20 heavy (non-hydrogen) atoms. The number of alkyl halides is 1. The van der Waals surface area contributed by atoms with Gasteiger partial charge in [-0.2, -0.15) is 0 Å². The predicted molar refractivity (Wildman–Crippen MR) is 84.6 cm³/mol. The second-order valence-corrected chi connectivity index (χ2v) is 6.25. The maximum Gasteiger partial charge on any atom is 0.129 e. The third kappa shape index (κ3) is 2.94. The van der Waals surface area contributed by atoms with Crippen LogP contribution in [0.25, 0.3) is 0 Å². The quantitative estimate of drug-likeness (QED) is 0.796. The minimum Gasteiger partial charge on any atom is -0.354 e. The van der Waals surface area contributed by atoms with E-state index in [0.29, 0.717) is 5.88 Å². The molecule has 2 aliphatic heterocycles. The van der Waals surface area contributed by atoms with Gasteiger partial charge in [0.25, 0.3) is 0 Å². The monoisotopic (exact) mass is 293 g/mol. The van der Waals surface area contributed by atoms with Gasteiger partial charge in [0.15, 0.2) is 0 Å². The lowest BCUT2D eigenvalue weighted by atomic mass is 10.1. The number of rotatable bonds is 4. The molecule has 1 aromatic heterocycles. The van der Waals surface area contributed by atoms with Gasteiger partial charge in [0.1, 0.15) is 5.82 Å². The molecule has 110 valence electrons. The van der Waals surface area contributed by atoms with Gasteiger partial charge < -0.3 is 4.90 Å². The highest BCUT2D eigenvalue weighted by molar-refractivity contribution is 6.17. The Morgan fingerprint density at radius 2 is 2.20 bits per heavy atom. The summed E-state index contributed by atoms with van der Waals surface area (Å²) in [4.78, 5) is 9.95. The third-order valence-corrected chi connectivity index (χ3v) is 4.81. The summed E-state index contributed by atoms with van der Waals surface area (Å²) in [6.07, 6.45) is 4.87. The first-order valence-electron chi connectivity index (χ1n) is 7.85. The van der Waals surface area contributed by atoms with Crippen LogP contribution in [0.3, 0.4) is 0 Å². The molecule has 1 unspecified atom stereocenters. The normalized spacial score (nSPS) is 23.1. The van der Waals surface area contributed by atoms with Gasteiger partial charge in [-0.05, 0) is 43.5 Å². The van der Waals surface area contributed by atoms with Crippen molar-refractivity contribution in [2.24, 2.45) is 0 Å². The van der Waals surface area contributed by atoms with Crippen LogP contribution in [0.4, 0.5) is 5.82 Å². The van der Waals surface area contributed by atoms with E-state index in [1.165, 1.54) is 37.2 Å². The molecule has 0 aliphatic carbocycles. The van der Waals surface area contributed by atoms with Crippen molar-refractivity contribution < 1.29 is 0 Å². The van der Waals surface area contributed by atoms with Crippen molar-refractivity contribution in [3.05, 3.63) is 23.4 Å². The van der Waals surface area contributed by atoms with Crippen LogP contribution < -0.4 is 4.90 Å². The molecule has 1 atom stereocenters. The van der Waals surface area contributed by atoms with E-state index in [1.807, 2.05) is 0 Å². The van der Waals surface area contributed by atoms with Crippen molar-refractivity contribution in [3.8, 4) is 0 Å². The van der Waals surface area contributed by atoms with E-state index in [2.05, 4.69) is 28.9 Å². The number of hydrogen-bond donors (Lipinski definition) is 0. The average molecular weight is 294 g/mol. The number of fused-ring (bicyclic) bond motifs is 1. The Balaban J connectivity index is 1.79. The summed E-state index contributed by atoms with van der Waals surface area (Å²) in [5.74, 6) is 1.72. The third-order valence-electron chi connectivity index (χ3n) is 4.50. The van der Waals surface area contributed by atoms with E-state index in [-0.39, 0.29) is 0 Å². The molecule has 4 heteroatoms. The molecule has 0 radical (unpaired) electrons. The first-order valence-corrected chi connectivity index (χ1v) is 8.38. The largest absolute Gasteiger partial charge is 0.354 e. The van der Waals surface area contributed by atoms with Crippen molar-refractivity contribution in [2.45, 2.75) is 44.5 Å². The first kappa shape index (κ1) is 14.2.